The van der Waals surface area contributed by atoms with Gasteiger partial charge >= 0.3 is 0 Å². The highest BCUT2D eigenvalue weighted by Crippen LogP contribution is 2.24. The van der Waals surface area contributed by atoms with E-state index in [1.165, 1.54) is 13.3 Å². The molecule has 14 heavy (non-hydrogen) atoms. The van der Waals surface area contributed by atoms with Crippen LogP contribution >= 0.6 is 0 Å². The standard InChI is InChI=1S/C10H11F2NO/c1-3-8(10(11)12)7-4-5-9(14-2)13-6-7/h4-6H,3H2,1-2H3. The summed E-state index contributed by atoms with van der Waals surface area (Å²) < 4.78 is 29.6. The summed E-state index contributed by atoms with van der Waals surface area (Å²) in [5, 5.41) is 0. The fourth-order valence-corrected chi connectivity index (χ4v) is 1.13. The molecule has 0 bridgehead atoms. The van der Waals surface area contributed by atoms with Gasteiger partial charge in [0.2, 0.25) is 5.88 Å². The van der Waals surface area contributed by atoms with Crippen LogP contribution in [0, 0.1) is 0 Å². The zero-order valence-electron chi connectivity index (χ0n) is 8.05. The van der Waals surface area contributed by atoms with Crippen molar-refractivity contribution in [2.24, 2.45) is 0 Å². The Morgan fingerprint density at radius 1 is 1.43 bits per heavy atom. The number of nitrogens with zero attached hydrogens (tertiary/aromatic N) is 1. The Hall–Kier alpha value is -1.45. The van der Waals surface area contributed by atoms with Gasteiger partial charge in [-0.1, -0.05) is 6.92 Å². The number of hydrogen-bond donors (Lipinski definition) is 0. The minimum Gasteiger partial charge on any atom is -0.481 e. The van der Waals surface area contributed by atoms with E-state index < -0.39 is 6.08 Å². The molecule has 0 radical (unpaired) electrons. The minimum absolute atomic E-state index is 0.0279. The van der Waals surface area contributed by atoms with Crippen LogP contribution in [0.15, 0.2) is 24.4 Å². The molecule has 1 aromatic rings. The number of ether oxygens (including phenoxy) is 1. The third kappa shape index (κ3) is 2.28. The fourth-order valence-electron chi connectivity index (χ4n) is 1.13. The van der Waals surface area contributed by atoms with Crippen LogP contribution in [0.2, 0.25) is 0 Å². The van der Waals surface area contributed by atoms with Crippen molar-refractivity contribution in [1.82, 2.24) is 4.98 Å². The summed E-state index contributed by atoms with van der Waals surface area (Å²) >= 11 is 0. The van der Waals surface area contributed by atoms with Gasteiger partial charge in [0.1, 0.15) is 0 Å². The summed E-state index contributed by atoms with van der Waals surface area (Å²) in [6, 6.07) is 3.14. The molecule has 0 aliphatic rings. The molecule has 2 nitrogen and oxygen atoms in total. The van der Waals surface area contributed by atoms with Gasteiger partial charge in [0.15, 0.2) is 0 Å². The largest absolute Gasteiger partial charge is 0.481 e. The van der Waals surface area contributed by atoms with Gasteiger partial charge in [-0.15, -0.1) is 0 Å². The van der Waals surface area contributed by atoms with Crippen LogP contribution in [0.1, 0.15) is 18.9 Å². The molecule has 1 aromatic heterocycles. The van der Waals surface area contributed by atoms with Crippen molar-refractivity contribution < 1.29 is 13.5 Å². The van der Waals surface area contributed by atoms with Crippen LogP contribution < -0.4 is 4.74 Å². The average Bonchev–Trinajstić information content (AvgIpc) is 2.19. The monoisotopic (exact) mass is 199 g/mol. The molecule has 76 valence electrons. The van der Waals surface area contributed by atoms with Crippen LogP contribution in [0.25, 0.3) is 5.57 Å². The summed E-state index contributed by atoms with van der Waals surface area (Å²) in [6.45, 7) is 1.68. The van der Waals surface area contributed by atoms with E-state index in [1.807, 2.05) is 0 Å². The lowest BCUT2D eigenvalue weighted by atomic mass is 10.1. The van der Waals surface area contributed by atoms with E-state index in [1.54, 1.807) is 19.1 Å². The van der Waals surface area contributed by atoms with E-state index in [0.29, 0.717) is 11.4 Å². The first-order chi connectivity index (χ1) is 6.69. The SMILES string of the molecule is CCC(=C(F)F)c1ccc(OC)nc1. The quantitative estimate of drug-likeness (QED) is 0.746. The molecule has 0 saturated heterocycles. The molecular weight excluding hydrogens is 188 g/mol. The molecule has 4 heteroatoms. The first kappa shape index (κ1) is 10.6. The van der Waals surface area contributed by atoms with Gasteiger partial charge in [0.05, 0.1) is 7.11 Å². The van der Waals surface area contributed by atoms with Gasteiger partial charge in [-0.2, -0.15) is 8.78 Å². The Morgan fingerprint density at radius 2 is 2.14 bits per heavy atom. The van der Waals surface area contributed by atoms with Crippen LogP contribution in [-0.2, 0) is 0 Å². The maximum atomic E-state index is 12.4. The second kappa shape index (κ2) is 4.69. The predicted octanol–water partition coefficient (Wildman–Crippen LogP) is 3.11. The highest BCUT2D eigenvalue weighted by atomic mass is 19.3. The minimum atomic E-state index is -1.65. The lowest BCUT2D eigenvalue weighted by Gasteiger charge is -2.03. The predicted molar refractivity (Wildman–Crippen MR) is 50.2 cm³/mol. The summed E-state index contributed by atoms with van der Waals surface area (Å²) in [7, 11) is 1.48. The molecule has 1 rings (SSSR count). The lowest BCUT2D eigenvalue weighted by molar-refractivity contribution is 0.397. The first-order valence-electron chi connectivity index (χ1n) is 4.23. The molecule has 0 amide bonds. The van der Waals surface area contributed by atoms with Gasteiger partial charge in [-0.3, -0.25) is 0 Å². The Kier molecular flexibility index (Phi) is 3.56. The van der Waals surface area contributed by atoms with Crippen LogP contribution in [0.5, 0.6) is 5.88 Å². The number of rotatable bonds is 3. The van der Waals surface area contributed by atoms with Crippen LogP contribution in [0.3, 0.4) is 0 Å². The highest BCUT2D eigenvalue weighted by Gasteiger charge is 2.07. The van der Waals surface area contributed by atoms with Gasteiger partial charge in [0.25, 0.3) is 6.08 Å². The van der Waals surface area contributed by atoms with Crippen LogP contribution in [0.4, 0.5) is 8.78 Å². The summed E-state index contributed by atoms with van der Waals surface area (Å²) in [5.41, 5.74) is 0.466. The molecule has 0 N–H and O–H groups in total. The van der Waals surface area contributed by atoms with E-state index in [4.69, 9.17) is 4.74 Å². The van der Waals surface area contributed by atoms with Crippen molar-refractivity contribution in [3.8, 4) is 5.88 Å². The van der Waals surface area contributed by atoms with Gasteiger partial charge in [0, 0.05) is 23.4 Å². The Morgan fingerprint density at radius 3 is 2.50 bits per heavy atom. The van der Waals surface area contributed by atoms with E-state index in [-0.39, 0.29) is 12.0 Å². The van der Waals surface area contributed by atoms with E-state index in [0.717, 1.165) is 0 Å². The van der Waals surface area contributed by atoms with Crippen molar-refractivity contribution >= 4 is 5.57 Å². The Bertz CT molecular complexity index is 328. The topological polar surface area (TPSA) is 22.1 Å². The fraction of sp³-hybridized carbons (Fsp3) is 0.300. The molecule has 0 aromatic carbocycles. The normalized spacial score (nSPS) is 9.71. The summed E-state index contributed by atoms with van der Waals surface area (Å²) in [6.07, 6.45) is 0.0205. The zero-order valence-corrected chi connectivity index (χ0v) is 8.05. The molecule has 0 spiro atoms. The lowest BCUT2D eigenvalue weighted by Crippen LogP contribution is -1.90. The number of allylic oxidation sites excluding steroid dienone is 1. The molecule has 0 atom stereocenters. The molecular formula is C10H11F2NO. The van der Waals surface area contributed by atoms with E-state index in [2.05, 4.69) is 4.98 Å². The van der Waals surface area contributed by atoms with Crippen molar-refractivity contribution in [1.29, 1.82) is 0 Å². The first-order valence-corrected chi connectivity index (χ1v) is 4.23. The molecule has 0 saturated carbocycles. The highest BCUT2D eigenvalue weighted by molar-refractivity contribution is 5.65. The second-order valence-electron chi connectivity index (χ2n) is 2.68. The van der Waals surface area contributed by atoms with Gasteiger partial charge in [-0.05, 0) is 12.5 Å². The Labute approximate surface area is 81.2 Å². The third-order valence-corrected chi connectivity index (χ3v) is 1.88. The molecule has 1 heterocycles. The molecule has 0 aliphatic heterocycles. The third-order valence-electron chi connectivity index (χ3n) is 1.88. The zero-order chi connectivity index (χ0) is 10.6. The maximum Gasteiger partial charge on any atom is 0.274 e. The summed E-state index contributed by atoms with van der Waals surface area (Å²) in [4.78, 5) is 3.86. The van der Waals surface area contributed by atoms with Crippen molar-refractivity contribution in [3.05, 3.63) is 30.0 Å². The molecule has 0 aliphatic carbocycles. The second-order valence-corrected chi connectivity index (χ2v) is 2.68. The van der Waals surface area contributed by atoms with E-state index >= 15 is 0 Å². The number of hydrogen-bond acceptors (Lipinski definition) is 2. The molecule has 0 fully saturated rings. The number of halogens is 2. The number of pyridine rings is 1. The Balaban J connectivity index is 3.02. The summed E-state index contributed by atoms with van der Waals surface area (Å²) in [5.74, 6) is 0.420. The number of methoxy groups -OCH3 is 1. The molecule has 0 unspecified atom stereocenters. The smallest absolute Gasteiger partial charge is 0.274 e. The van der Waals surface area contributed by atoms with Crippen molar-refractivity contribution in [3.63, 3.8) is 0 Å². The van der Waals surface area contributed by atoms with Gasteiger partial charge in [-0.25, -0.2) is 4.98 Å². The number of aromatic nitrogens is 1. The van der Waals surface area contributed by atoms with Crippen molar-refractivity contribution in [2.75, 3.05) is 7.11 Å². The van der Waals surface area contributed by atoms with Crippen molar-refractivity contribution in [2.45, 2.75) is 13.3 Å². The van der Waals surface area contributed by atoms with E-state index in [9.17, 15) is 8.78 Å². The van der Waals surface area contributed by atoms with Gasteiger partial charge < -0.3 is 4.74 Å². The van der Waals surface area contributed by atoms with Crippen LogP contribution in [-0.4, -0.2) is 12.1 Å². The average molecular weight is 199 g/mol. The maximum absolute atomic E-state index is 12.4.